The lowest BCUT2D eigenvalue weighted by molar-refractivity contribution is -0.137. The minimum absolute atomic E-state index is 0.0277. The van der Waals surface area contributed by atoms with E-state index in [1.807, 2.05) is 0 Å². The molecule has 214 valence electrons. The highest BCUT2D eigenvalue weighted by atomic mass is 32.2. The average Bonchev–Trinajstić information content (AvgIpc) is 2.84. The van der Waals surface area contributed by atoms with Gasteiger partial charge in [-0.15, -0.1) is 0 Å². The average molecular weight is 569 g/mol. The van der Waals surface area contributed by atoms with Crippen LogP contribution in [0.5, 0.6) is 0 Å². The van der Waals surface area contributed by atoms with Crippen molar-refractivity contribution in [2.45, 2.75) is 75.2 Å². The van der Waals surface area contributed by atoms with Gasteiger partial charge in [-0.2, -0.15) is 13.2 Å². The molecule has 0 aliphatic heterocycles. The van der Waals surface area contributed by atoms with Crippen LogP contribution in [0.15, 0.2) is 59.5 Å². The Morgan fingerprint density at radius 1 is 1.00 bits per heavy atom. The monoisotopic (exact) mass is 568 g/mol. The number of rotatable bonds is 9. The second kappa shape index (κ2) is 12.5. The van der Waals surface area contributed by atoms with Gasteiger partial charge in [0.2, 0.25) is 0 Å². The fourth-order valence-electron chi connectivity index (χ4n) is 4.71. The Balaban J connectivity index is 1.67. The molecule has 2 aromatic rings. The molecule has 0 radical (unpaired) electrons. The second-order valence-electron chi connectivity index (χ2n) is 10.8. The Bertz CT molecular complexity index is 1240. The highest BCUT2D eigenvalue weighted by Gasteiger charge is 2.35. The highest BCUT2D eigenvalue weighted by molar-refractivity contribution is 7.91. The lowest BCUT2D eigenvalue weighted by Gasteiger charge is -2.37. The predicted octanol–water partition coefficient (Wildman–Crippen LogP) is 5.40. The van der Waals surface area contributed by atoms with Crippen LogP contribution in [-0.2, 0) is 20.8 Å². The number of hydrogen-bond donors (Lipinski definition) is 2. The molecule has 7 nitrogen and oxygen atoms in total. The number of benzene rings is 2. The standard InChI is InChI=1S/C28H35F3N2O5S/c1-27(2,3)38-26(35)33-22-12-13-24(20(17-22)18-39(36,37)23-10-5-4-6-11-23)32-15-14-25(34)19-8-7-9-21(16-19)28(29,30)31/h4-11,16,20,22,24,32H,12-15,17-18H2,1-3H3,(H,33,35)/t20-,22+,24-/m0/s1. The van der Waals surface area contributed by atoms with E-state index in [1.165, 1.54) is 24.3 Å². The lowest BCUT2D eigenvalue weighted by atomic mass is 9.82. The Morgan fingerprint density at radius 3 is 2.33 bits per heavy atom. The van der Waals surface area contributed by atoms with Gasteiger partial charge >= 0.3 is 12.3 Å². The van der Waals surface area contributed by atoms with Crippen molar-refractivity contribution in [2.24, 2.45) is 5.92 Å². The number of amides is 1. The van der Waals surface area contributed by atoms with Crippen LogP contribution < -0.4 is 10.6 Å². The maximum Gasteiger partial charge on any atom is 0.416 e. The predicted molar refractivity (Wildman–Crippen MR) is 141 cm³/mol. The molecule has 0 bridgehead atoms. The Morgan fingerprint density at radius 2 is 1.69 bits per heavy atom. The number of hydrogen-bond acceptors (Lipinski definition) is 6. The molecule has 0 heterocycles. The Labute approximate surface area is 227 Å². The van der Waals surface area contributed by atoms with E-state index in [9.17, 15) is 31.2 Å². The van der Waals surface area contributed by atoms with E-state index >= 15 is 0 Å². The maximum atomic E-state index is 13.2. The number of carbonyl (C=O) groups excluding carboxylic acids is 2. The van der Waals surface area contributed by atoms with Crippen molar-refractivity contribution in [1.82, 2.24) is 10.6 Å². The summed E-state index contributed by atoms with van der Waals surface area (Å²) in [7, 11) is -3.63. The van der Waals surface area contributed by atoms with Gasteiger partial charge < -0.3 is 15.4 Å². The molecule has 1 aliphatic carbocycles. The van der Waals surface area contributed by atoms with E-state index in [2.05, 4.69) is 10.6 Å². The number of ether oxygens (including phenoxy) is 1. The number of nitrogens with one attached hydrogen (secondary N) is 2. The molecule has 3 atom stereocenters. The quantitative estimate of drug-likeness (QED) is 0.393. The van der Waals surface area contributed by atoms with Gasteiger partial charge in [0.25, 0.3) is 0 Å². The number of alkyl carbamates (subject to hydrolysis) is 1. The molecule has 3 rings (SSSR count). The zero-order valence-electron chi connectivity index (χ0n) is 22.3. The third kappa shape index (κ3) is 9.35. The molecule has 39 heavy (non-hydrogen) atoms. The zero-order chi connectivity index (χ0) is 28.8. The van der Waals surface area contributed by atoms with Crippen LogP contribution in [0.25, 0.3) is 0 Å². The molecule has 0 spiro atoms. The SMILES string of the molecule is CC(C)(C)OC(=O)N[C@@H]1CC[C@H](NCCC(=O)c2cccc(C(F)(F)F)c2)[C@H](CS(=O)(=O)c2ccccc2)C1. The molecule has 2 N–H and O–H groups in total. The van der Waals surface area contributed by atoms with Crippen molar-refractivity contribution in [1.29, 1.82) is 0 Å². The van der Waals surface area contributed by atoms with Crippen molar-refractivity contribution < 1.29 is 35.9 Å². The van der Waals surface area contributed by atoms with Gasteiger partial charge in [0.1, 0.15) is 5.60 Å². The molecule has 1 saturated carbocycles. The van der Waals surface area contributed by atoms with Crippen LogP contribution in [0.2, 0.25) is 0 Å². The van der Waals surface area contributed by atoms with Gasteiger partial charge in [0.15, 0.2) is 15.6 Å². The molecule has 0 saturated heterocycles. The van der Waals surface area contributed by atoms with Crippen molar-refractivity contribution in [3.8, 4) is 0 Å². The molecule has 1 aliphatic rings. The molecular weight excluding hydrogens is 533 g/mol. The number of carbonyl (C=O) groups is 2. The van der Waals surface area contributed by atoms with Crippen molar-refractivity contribution in [3.63, 3.8) is 0 Å². The summed E-state index contributed by atoms with van der Waals surface area (Å²) >= 11 is 0. The fraction of sp³-hybridized carbons (Fsp3) is 0.500. The van der Waals surface area contributed by atoms with Gasteiger partial charge in [-0.1, -0.05) is 30.3 Å². The van der Waals surface area contributed by atoms with Crippen LogP contribution in [0.3, 0.4) is 0 Å². The summed E-state index contributed by atoms with van der Waals surface area (Å²) in [4.78, 5) is 25.1. The first-order valence-corrected chi connectivity index (χ1v) is 14.5. The van der Waals surface area contributed by atoms with Gasteiger partial charge in [0, 0.05) is 30.6 Å². The summed E-state index contributed by atoms with van der Waals surface area (Å²) in [6, 6.07) is 11.8. The summed E-state index contributed by atoms with van der Waals surface area (Å²) in [5.41, 5.74) is -1.59. The minimum Gasteiger partial charge on any atom is -0.444 e. The molecule has 11 heteroatoms. The van der Waals surface area contributed by atoms with Gasteiger partial charge in [-0.25, -0.2) is 13.2 Å². The second-order valence-corrected chi connectivity index (χ2v) is 12.9. The first-order valence-electron chi connectivity index (χ1n) is 12.9. The van der Waals surface area contributed by atoms with Gasteiger partial charge in [0.05, 0.1) is 16.2 Å². The smallest absolute Gasteiger partial charge is 0.416 e. The topological polar surface area (TPSA) is 102 Å². The van der Waals surface area contributed by atoms with Crippen molar-refractivity contribution in [3.05, 3.63) is 65.7 Å². The van der Waals surface area contributed by atoms with Crippen LogP contribution in [0, 0.1) is 5.92 Å². The van der Waals surface area contributed by atoms with Crippen LogP contribution >= 0.6 is 0 Å². The molecular formula is C28H35F3N2O5S. The van der Waals surface area contributed by atoms with Crippen LogP contribution in [0.1, 0.15) is 62.4 Å². The van der Waals surface area contributed by atoms with E-state index in [-0.39, 0.29) is 47.2 Å². The Kier molecular flexibility index (Phi) is 9.82. The van der Waals surface area contributed by atoms with E-state index in [1.54, 1.807) is 39.0 Å². The van der Waals surface area contributed by atoms with Crippen LogP contribution in [-0.4, -0.2) is 50.3 Å². The third-order valence-corrected chi connectivity index (χ3v) is 8.37. The highest BCUT2D eigenvalue weighted by Crippen LogP contribution is 2.30. The number of halogens is 3. The van der Waals surface area contributed by atoms with Gasteiger partial charge in [-0.3, -0.25) is 4.79 Å². The first-order chi connectivity index (χ1) is 18.1. The first kappa shape index (κ1) is 30.6. The largest absolute Gasteiger partial charge is 0.444 e. The number of ketones is 1. The maximum absolute atomic E-state index is 13.2. The van der Waals surface area contributed by atoms with E-state index in [4.69, 9.17) is 4.74 Å². The fourth-order valence-corrected chi connectivity index (χ4v) is 6.41. The molecule has 2 aromatic carbocycles. The van der Waals surface area contributed by atoms with E-state index < -0.39 is 39.1 Å². The van der Waals surface area contributed by atoms with Gasteiger partial charge in [-0.05, 0) is 70.2 Å². The molecule has 1 fully saturated rings. The molecule has 0 unspecified atom stereocenters. The summed E-state index contributed by atoms with van der Waals surface area (Å²) in [5, 5.41) is 6.09. The van der Waals surface area contributed by atoms with Crippen LogP contribution in [0.4, 0.5) is 18.0 Å². The number of sulfone groups is 1. The van der Waals surface area contributed by atoms with E-state index in [0.717, 1.165) is 12.1 Å². The third-order valence-electron chi connectivity index (χ3n) is 6.51. The number of alkyl halides is 3. The normalized spacial score (nSPS) is 20.3. The summed E-state index contributed by atoms with van der Waals surface area (Å²) < 4.78 is 70.7. The Hall–Kier alpha value is -2.92. The van der Waals surface area contributed by atoms with Crippen molar-refractivity contribution >= 4 is 21.7 Å². The molecule has 1 amide bonds. The summed E-state index contributed by atoms with van der Waals surface area (Å²) in [6.07, 6.45) is -3.68. The summed E-state index contributed by atoms with van der Waals surface area (Å²) in [6.45, 7) is 5.43. The zero-order valence-corrected chi connectivity index (χ0v) is 23.1. The van der Waals surface area contributed by atoms with Crippen molar-refractivity contribution in [2.75, 3.05) is 12.3 Å². The summed E-state index contributed by atoms with van der Waals surface area (Å²) in [5.74, 6) is -0.988. The van der Waals surface area contributed by atoms with E-state index in [0.29, 0.717) is 19.3 Å². The number of Topliss-reactive ketones (excluding diaryl/α,β-unsaturated/α-hetero) is 1. The molecule has 0 aromatic heterocycles. The lowest BCUT2D eigenvalue weighted by Crippen LogP contribution is -2.50. The minimum atomic E-state index is -4.54.